The number of thiophene rings is 1. The van der Waals surface area contributed by atoms with Crippen LogP contribution in [0.2, 0.25) is 0 Å². The second kappa shape index (κ2) is 6.22. The van der Waals surface area contributed by atoms with Crippen LogP contribution < -0.4 is 15.2 Å². The fourth-order valence-corrected chi connectivity index (χ4v) is 2.72. The molecule has 2 rings (SSSR count). The van der Waals surface area contributed by atoms with Crippen LogP contribution in [0.4, 0.5) is 0 Å². The highest BCUT2D eigenvalue weighted by molar-refractivity contribution is 9.10. The summed E-state index contributed by atoms with van der Waals surface area (Å²) < 4.78 is 11.9. The van der Waals surface area contributed by atoms with Gasteiger partial charge in [0.2, 0.25) is 0 Å². The van der Waals surface area contributed by atoms with Gasteiger partial charge in [-0.25, -0.2) is 0 Å². The van der Waals surface area contributed by atoms with E-state index in [4.69, 9.17) is 15.2 Å². The SMILES string of the molecule is COc1ccc(OC(CN)c2ccsc2)c(Br)c1. The Bertz CT molecular complexity index is 502. The molecule has 0 radical (unpaired) electrons. The van der Waals surface area contributed by atoms with Gasteiger partial charge in [0.15, 0.2) is 0 Å². The van der Waals surface area contributed by atoms with E-state index in [2.05, 4.69) is 21.3 Å². The minimum atomic E-state index is -0.124. The topological polar surface area (TPSA) is 44.5 Å². The molecule has 96 valence electrons. The number of hydrogen-bond acceptors (Lipinski definition) is 4. The molecule has 0 saturated heterocycles. The minimum absolute atomic E-state index is 0.124. The van der Waals surface area contributed by atoms with Gasteiger partial charge in [0, 0.05) is 12.1 Å². The molecule has 1 aromatic carbocycles. The number of rotatable bonds is 5. The van der Waals surface area contributed by atoms with Crippen molar-refractivity contribution in [3.8, 4) is 11.5 Å². The fraction of sp³-hybridized carbons (Fsp3) is 0.231. The Hall–Kier alpha value is -1.04. The Morgan fingerprint density at radius 2 is 2.22 bits per heavy atom. The lowest BCUT2D eigenvalue weighted by Gasteiger charge is -2.17. The van der Waals surface area contributed by atoms with Crippen LogP contribution in [0.1, 0.15) is 11.7 Å². The number of halogens is 1. The van der Waals surface area contributed by atoms with Crippen LogP contribution in [0.25, 0.3) is 0 Å². The largest absolute Gasteiger partial charge is 0.497 e. The lowest BCUT2D eigenvalue weighted by atomic mass is 10.2. The lowest BCUT2D eigenvalue weighted by Crippen LogP contribution is -2.18. The van der Waals surface area contributed by atoms with Crippen LogP contribution in [0.3, 0.4) is 0 Å². The molecule has 0 spiro atoms. The molecule has 1 aromatic heterocycles. The number of ether oxygens (including phenoxy) is 2. The quantitative estimate of drug-likeness (QED) is 0.912. The van der Waals surface area contributed by atoms with Gasteiger partial charge in [-0.1, -0.05) is 0 Å². The first kappa shape index (κ1) is 13.4. The molecule has 18 heavy (non-hydrogen) atoms. The van der Waals surface area contributed by atoms with Crippen LogP contribution in [0.15, 0.2) is 39.5 Å². The summed E-state index contributed by atoms with van der Waals surface area (Å²) in [7, 11) is 1.64. The molecule has 0 bridgehead atoms. The van der Waals surface area contributed by atoms with Gasteiger partial charge < -0.3 is 15.2 Å². The maximum absolute atomic E-state index is 5.92. The van der Waals surface area contributed by atoms with Crippen molar-refractivity contribution in [3.63, 3.8) is 0 Å². The highest BCUT2D eigenvalue weighted by Crippen LogP contribution is 2.32. The third-order valence-electron chi connectivity index (χ3n) is 2.54. The summed E-state index contributed by atoms with van der Waals surface area (Å²) in [6, 6.07) is 7.63. The summed E-state index contributed by atoms with van der Waals surface area (Å²) in [6.45, 7) is 0.440. The highest BCUT2D eigenvalue weighted by atomic mass is 79.9. The Labute approximate surface area is 119 Å². The van der Waals surface area contributed by atoms with Crippen LogP contribution in [0, 0.1) is 0 Å². The van der Waals surface area contributed by atoms with E-state index in [-0.39, 0.29) is 6.10 Å². The molecule has 0 aliphatic heterocycles. The van der Waals surface area contributed by atoms with Crippen molar-refractivity contribution in [2.75, 3.05) is 13.7 Å². The third-order valence-corrected chi connectivity index (χ3v) is 3.86. The minimum Gasteiger partial charge on any atom is -0.497 e. The maximum atomic E-state index is 5.92. The molecule has 5 heteroatoms. The molecule has 0 aliphatic rings. The van der Waals surface area contributed by atoms with Crippen molar-refractivity contribution in [3.05, 3.63) is 45.1 Å². The molecule has 3 nitrogen and oxygen atoms in total. The van der Waals surface area contributed by atoms with E-state index in [9.17, 15) is 0 Å². The van der Waals surface area contributed by atoms with E-state index in [1.54, 1.807) is 18.4 Å². The summed E-state index contributed by atoms with van der Waals surface area (Å²) in [5.41, 5.74) is 6.86. The first-order valence-electron chi connectivity index (χ1n) is 5.47. The predicted molar refractivity (Wildman–Crippen MR) is 77.4 cm³/mol. The van der Waals surface area contributed by atoms with Crippen molar-refractivity contribution >= 4 is 27.3 Å². The molecule has 1 atom stereocenters. The smallest absolute Gasteiger partial charge is 0.137 e. The van der Waals surface area contributed by atoms with Gasteiger partial charge in [-0.05, 0) is 51.0 Å². The van der Waals surface area contributed by atoms with E-state index < -0.39 is 0 Å². The molecule has 0 amide bonds. The van der Waals surface area contributed by atoms with E-state index in [1.165, 1.54) is 0 Å². The Morgan fingerprint density at radius 1 is 1.39 bits per heavy atom. The summed E-state index contributed by atoms with van der Waals surface area (Å²) in [4.78, 5) is 0. The zero-order chi connectivity index (χ0) is 13.0. The van der Waals surface area contributed by atoms with Gasteiger partial charge in [-0.3, -0.25) is 0 Å². The maximum Gasteiger partial charge on any atom is 0.137 e. The van der Waals surface area contributed by atoms with Crippen molar-refractivity contribution in [1.29, 1.82) is 0 Å². The van der Waals surface area contributed by atoms with Crippen LogP contribution in [-0.2, 0) is 0 Å². The van der Waals surface area contributed by atoms with Gasteiger partial charge in [-0.15, -0.1) is 0 Å². The van der Waals surface area contributed by atoms with E-state index >= 15 is 0 Å². The van der Waals surface area contributed by atoms with Crippen LogP contribution in [-0.4, -0.2) is 13.7 Å². The first-order chi connectivity index (χ1) is 8.74. The third kappa shape index (κ3) is 3.04. The summed E-state index contributed by atoms with van der Waals surface area (Å²) in [6.07, 6.45) is -0.124. The van der Waals surface area contributed by atoms with Gasteiger partial charge in [-0.2, -0.15) is 11.3 Å². The zero-order valence-corrected chi connectivity index (χ0v) is 12.3. The lowest BCUT2D eigenvalue weighted by molar-refractivity contribution is 0.213. The summed E-state index contributed by atoms with van der Waals surface area (Å²) in [5.74, 6) is 1.55. The molecule has 2 N–H and O–H groups in total. The van der Waals surface area contributed by atoms with E-state index in [0.29, 0.717) is 6.54 Å². The van der Waals surface area contributed by atoms with Crippen molar-refractivity contribution in [1.82, 2.24) is 0 Å². The standard InChI is InChI=1S/C13H14BrNO2S/c1-16-10-2-3-12(11(14)6-10)17-13(7-15)9-4-5-18-8-9/h2-6,8,13H,7,15H2,1H3. The number of methoxy groups -OCH3 is 1. The second-order valence-corrected chi connectivity index (χ2v) is 5.33. The van der Waals surface area contributed by atoms with Crippen molar-refractivity contribution < 1.29 is 9.47 Å². The normalized spacial score (nSPS) is 12.2. The highest BCUT2D eigenvalue weighted by Gasteiger charge is 2.14. The molecule has 1 unspecified atom stereocenters. The molecular weight excluding hydrogens is 314 g/mol. The van der Waals surface area contributed by atoms with E-state index in [1.807, 2.05) is 29.6 Å². The Balaban J connectivity index is 2.17. The monoisotopic (exact) mass is 327 g/mol. The zero-order valence-electron chi connectivity index (χ0n) is 9.93. The molecule has 1 heterocycles. The summed E-state index contributed by atoms with van der Waals surface area (Å²) in [5, 5.41) is 4.07. The molecule has 2 aromatic rings. The molecule has 0 aliphatic carbocycles. The van der Waals surface area contributed by atoms with E-state index in [0.717, 1.165) is 21.5 Å². The Kier molecular flexibility index (Phi) is 4.63. The number of hydrogen-bond donors (Lipinski definition) is 1. The molecule has 0 fully saturated rings. The average molecular weight is 328 g/mol. The summed E-state index contributed by atoms with van der Waals surface area (Å²) >= 11 is 5.10. The predicted octanol–water partition coefficient (Wildman–Crippen LogP) is 3.60. The van der Waals surface area contributed by atoms with Gasteiger partial charge in [0.05, 0.1) is 11.6 Å². The van der Waals surface area contributed by atoms with Crippen LogP contribution >= 0.6 is 27.3 Å². The van der Waals surface area contributed by atoms with Crippen molar-refractivity contribution in [2.24, 2.45) is 5.73 Å². The number of nitrogens with two attached hydrogens (primary N) is 1. The van der Waals surface area contributed by atoms with Crippen molar-refractivity contribution in [2.45, 2.75) is 6.10 Å². The average Bonchev–Trinajstić information content (AvgIpc) is 2.91. The van der Waals surface area contributed by atoms with Gasteiger partial charge in [0.1, 0.15) is 17.6 Å². The van der Waals surface area contributed by atoms with Gasteiger partial charge in [0.25, 0.3) is 0 Å². The molecular formula is C13H14BrNO2S. The van der Waals surface area contributed by atoms with Crippen LogP contribution in [0.5, 0.6) is 11.5 Å². The molecule has 0 saturated carbocycles. The second-order valence-electron chi connectivity index (χ2n) is 3.70. The fourth-order valence-electron chi connectivity index (χ4n) is 1.57. The Morgan fingerprint density at radius 3 is 2.78 bits per heavy atom. The first-order valence-corrected chi connectivity index (χ1v) is 7.20. The number of benzene rings is 1. The van der Waals surface area contributed by atoms with Gasteiger partial charge >= 0.3 is 0 Å².